The molecule has 2 aromatic rings. The summed E-state index contributed by atoms with van der Waals surface area (Å²) in [6, 6.07) is 6.34. The van der Waals surface area contributed by atoms with Crippen LogP contribution >= 0.6 is 0 Å². The van der Waals surface area contributed by atoms with E-state index in [1.165, 1.54) is 5.56 Å². The van der Waals surface area contributed by atoms with E-state index in [1.807, 2.05) is 6.92 Å². The van der Waals surface area contributed by atoms with E-state index in [2.05, 4.69) is 42.2 Å². The smallest absolute Gasteiger partial charge is 0.240 e. The maximum Gasteiger partial charge on any atom is 0.240 e. The summed E-state index contributed by atoms with van der Waals surface area (Å²) in [4.78, 5) is 4.26. The largest absolute Gasteiger partial charge is 0.338 e. The van der Waals surface area contributed by atoms with Gasteiger partial charge in [-0.2, -0.15) is 4.98 Å². The number of nitrogens with zero attached hydrogens (tertiary/aromatic N) is 2. The number of hydrogen-bond acceptors (Lipinski definition) is 4. The molecule has 4 nitrogen and oxygen atoms in total. The fourth-order valence-electron chi connectivity index (χ4n) is 1.69. The lowest BCUT2D eigenvalue weighted by molar-refractivity contribution is 0.380. The number of aryl methyl sites for hydroxylation is 1. The summed E-state index contributed by atoms with van der Waals surface area (Å²) in [5.41, 5.74) is 8.88. The lowest BCUT2D eigenvalue weighted by atomic mass is 9.97. The van der Waals surface area contributed by atoms with Crippen molar-refractivity contribution in [1.29, 1.82) is 0 Å². The van der Waals surface area contributed by atoms with Crippen LogP contribution in [0.25, 0.3) is 11.4 Å². The molecule has 1 heterocycles. The van der Waals surface area contributed by atoms with Crippen molar-refractivity contribution in [2.75, 3.05) is 0 Å². The van der Waals surface area contributed by atoms with Crippen LogP contribution in [0.1, 0.15) is 36.8 Å². The van der Waals surface area contributed by atoms with Gasteiger partial charge in [0, 0.05) is 5.56 Å². The standard InChI is InChI=1S/C13H17N3O/c1-8(2)10-5-4-9(3)11(6-10)13-15-12(7-14)17-16-13/h4-6,8H,7,14H2,1-3H3. The van der Waals surface area contributed by atoms with Crippen molar-refractivity contribution in [3.63, 3.8) is 0 Å². The highest BCUT2D eigenvalue weighted by Gasteiger charge is 2.11. The third kappa shape index (κ3) is 2.36. The van der Waals surface area contributed by atoms with Crippen LogP contribution in [0.15, 0.2) is 22.7 Å². The van der Waals surface area contributed by atoms with E-state index in [0.717, 1.165) is 11.1 Å². The quantitative estimate of drug-likeness (QED) is 0.881. The van der Waals surface area contributed by atoms with E-state index in [4.69, 9.17) is 10.3 Å². The van der Waals surface area contributed by atoms with Crippen LogP contribution in [0.5, 0.6) is 0 Å². The summed E-state index contributed by atoms with van der Waals surface area (Å²) in [6.07, 6.45) is 0. The molecule has 0 aliphatic carbocycles. The van der Waals surface area contributed by atoms with E-state index in [9.17, 15) is 0 Å². The van der Waals surface area contributed by atoms with Gasteiger partial charge < -0.3 is 10.3 Å². The van der Waals surface area contributed by atoms with Gasteiger partial charge in [0.2, 0.25) is 11.7 Å². The molecule has 2 rings (SSSR count). The first-order valence-electron chi connectivity index (χ1n) is 5.75. The van der Waals surface area contributed by atoms with E-state index in [1.54, 1.807) is 0 Å². The van der Waals surface area contributed by atoms with Crippen molar-refractivity contribution in [1.82, 2.24) is 10.1 Å². The number of rotatable bonds is 3. The Labute approximate surface area is 101 Å². The molecule has 0 aliphatic rings. The molecule has 4 heteroatoms. The second-order valence-electron chi connectivity index (χ2n) is 4.44. The second-order valence-corrected chi connectivity index (χ2v) is 4.44. The summed E-state index contributed by atoms with van der Waals surface area (Å²) in [5.74, 6) is 1.56. The minimum absolute atomic E-state index is 0.274. The van der Waals surface area contributed by atoms with Crippen molar-refractivity contribution in [3.8, 4) is 11.4 Å². The summed E-state index contributed by atoms with van der Waals surface area (Å²) >= 11 is 0. The Kier molecular flexibility index (Phi) is 3.24. The van der Waals surface area contributed by atoms with Crippen molar-refractivity contribution in [3.05, 3.63) is 35.2 Å². The summed E-state index contributed by atoms with van der Waals surface area (Å²) in [6.45, 7) is 6.64. The zero-order valence-corrected chi connectivity index (χ0v) is 10.4. The van der Waals surface area contributed by atoms with Gasteiger partial charge in [-0.3, -0.25) is 0 Å². The molecule has 2 N–H and O–H groups in total. The average molecular weight is 231 g/mol. The monoisotopic (exact) mass is 231 g/mol. The van der Waals surface area contributed by atoms with E-state index in [0.29, 0.717) is 17.6 Å². The predicted molar refractivity (Wildman–Crippen MR) is 66.5 cm³/mol. The second kappa shape index (κ2) is 4.67. The minimum atomic E-state index is 0.274. The molecule has 0 atom stereocenters. The highest BCUT2D eigenvalue weighted by Crippen LogP contribution is 2.25. The Hall–Kier alpha value is -1.68. The van der Waals surface area contributed by atoms with Gasteiger partial charge in [0.1, 0.15) is 0 Å². The molecule has 1 aromatic carbocycles. The number of aromatic nitrogens is 2. The average Bonchev–Trinajstić information content (AvgIpc) is 2.77. The highest BCUT2D eigenvalue weighted by molar-refractivity contribution is 5.60. The van der Waals surface area contributed by atoms with Crippen LogP contribution in [0.3, 0.4) is 0 Å². The summed E-state index contributed by atoms with van der Waals surface area (Å²) < 4.78 is 5.04. The summed E-state index contributed by atoms with van der Waals surface area (Å²) in [7, 11) is 0. The Morgan fingerprint density at radius 1 is 1.35 bits per heavy atom. The molecule has 17 heavy (non-hydrogen) atoms. The van der Waals surface area contributed by atoms with Crippen molar-refractivity contribution >= 4 is 0 Å². The van der Waals surface area contributed by atoms with Crippen molar-refractivity contribution < 1.29 is 4.52 Å². The van der Waals surface area contributed by atoms with Gasteiger partial charge in [-0.05, 0) is 30.0 Å². The number of nitrogens with two attached hydrogens (primary N) is 1. The maximum atomic E-state index is 5.46. The van der Waals surface area contributed by atoms with Crippen LogP contribution in [-0.4, -0.2) is 10.1 Å². The van der Waals surface area contributed by atoms with Gasteiger partial charge >= 0.3 is 0 Å². The molecule has 1 aromatic heterocycles. The van der Waals surface area contributed by atoms with Gasteiger partial charge in [0.25, 0.3) is 0 Å². The molecule has 0 aliphatic heterocycles. The number of benzene rings is 1. The summed E-state index contributed by atoms with van der Waals surface area (Å²) in [5, 5.41) is 3.95. The molecule has 0 fully saturated rings. The minimum Gasteiger partial charge on any atom is -0.338 e. The first-order valence-corrected chi connectivity index (χ1v) is 5.75. The van der Waals surface area contributed by atoms with Crippen LogP contribution < -0.4 is 5.73 Å². The molecule has 0 spiro atoms. The molecule has 0 amide bonds. The van der Waals surface area contributed by atoms with Crippen LogP contribution in [0.4, 0.5) is 0 Å². The molecule has 0 radical (unpaired) electrons. The zero-order chi connectivity index (χ0) is 12.4. The van der Waals surface area contributed by atoms with Crippen LogP contribution in [0.2, 0.25) is 0 Å². The maximum absolute atomic E-state index is 5.46. The van der Waals surface area contributed by atoms with Gasteiger partial charge in [0.15, 0.2) is 0 Å². The third-order valence-corrected chi connectivity index (χ3v) is 2.81. The first kappa shape index (κ1) is 11.8. The third-order valence-electron chi connectivity index (χ3n) is 2.81. The van der Waals surface area contributed by atoms with Crippen LogP contribution in [0, 0.1) is 6.92 Å². The van der Waals surface area contributed by atoms with Gasteiger partial charge in [0.05, 0.1) is 6.54 Å². The van der Waals surface area contributed by atoms with Gasteiger partial charge in [-0.15, -0.1) is 0 Å². The molecule has 0 saturated heterocycles. The topological polar surface area (TPSA) is 64.9 Å². The Bertz CT molecular complexity index is 517. The van der Waals surface area contributed by atoms with Gasteiger partial charge in [-0.1, -0.05) is 31.1 Å². The zero-order valence-electron chi connectivity index (χ0n) is 10.4. The Morgan fingerprint density at radius 3 is 2.71 bits per heavy atom. The van der Waals surface area contributed by atoms with E-state index < -0.39 is 0 Å². The van der Waals surface area contributed by atoms with E-state index in [-0.39, 0.29) is 6.54 Å². The SMILES string of the molecule is Cc1ccc(C(C)C)cc1-c1noc(CN)n1. The number of hydrogen-bond donors (Lipinski definition) is 1. The fourth-order valence-corrected chi connectivity index (χ4v) is 1.69. The molecule has 90 valence electrons. The molecule has 0 saturated carbocycles. The molecular formula is C13H17N3O. The highest BCUT2D eigenvalue weighted by atomic mass is 16.5. The van der Waals surface area contributed by atoms with E-state index >= 15 is 0 Å². The lowest BCUT2D eigenvalue weighted by Crippen LogP contribution is -1.96. The van der Waals surface area contributed by atoms with Gasteiger partial charge in [-0.25, -0.2) is 0 Å². The van der Waals surface area contributed by atoms with Crippen LogP contribution in [-0.2, 0) is 6.54 Å². The van der Waals surface area contributed by atoms with Crippen molar-refractivity contribution in [2.45, 2.75) is 33.2 Å². The Morgan fingerprint density at radius 2 is 2.12 bits per heavy atom. The van der Waals surface area contributed by atoms with Crippen molar-refractivity contribution in [2.24, 2.45) is 5.73 Å². The normalized spacial score (nSPS) is 11.1. The molecular weight excluding hydrogens is 214 g/mol. The predicted octanol–water partition coefficient (Wildman–Crippen LogP) is 2.63. The Balaban J connectivity index is 2.46. The molecule has 0 bridgehead atoms. The fraction of sp³-hybridized carbons (Fsp3) is 0.385. The first-order chi connectivity index (χ1) is 8.11. The molecule has 0 unspecified atom stereocenters. The lowest BCUT2D eigenvalue weighted by Gasteiger charge is -2.08.